The summed E-state index contributed by atoms with van der Waals surface area (Å²) in [5, 5.41) is 12.0. The smallest absolute Gasteiger partial charge is 0.248 e. The number of pyridine rings is 1. The molecule has 0 radical (unpaired) electrons. The molecule has 1 heterocycles. The second-order valence-corrected chi connectivity index (χ2v) is 3.26. The van der Waals surface area contributed by atoms with Crippen LogP contribution in [0.25, 0.3) is 0 Å². The van der Waals surface area contributed by atoms with E-state index in [1.54, 1.807) is 6.07 Å². The number of halogens is 1. The molecule has 0 aromatic carbocycles. The van der Waals surface area contributed by atoms with Crippen LogP contribution in [0.15, 0.2) is 12.1 Å². The number of carbonyl (C=O) groups excluding carboxylic acids is 1. The maximum atomic E-state index is 10.5. The van der Waals surface area contributed by atoms with E-state index in [-0.39, 0.29) is 11.7 Å². The first-order valence-electron chi connectivity index (χ1n) is 4.14. The maximum Gasteiger partial charge on any atom is 0.248 e. The summed E-state index contributed by atoms with van der Waals surface area (Å²) in [6, 6.07) is 3.10. The molecule has 1 aromatic heterocycles. The van der Waals surface area contributed by atoms with Crippen molar-refractivity contribution in [1.82, 2.24) is 4.98 Å². The Bertz CT molecular complexity index is 372. The van der Waals surface area contributed by atoms with Gasteiger partial charge in [-0.1, -0.05) is 11.6 Å². The topological polar surface area (TPSA) is 114 Å². The summed E-state index contributed by atoms with van der Waals surface area (Å²) in [6.45, 7) is -0.0626. The van der Waals surface area contributed by atoms with E-state index in [4.69, 9.17) is 28.2 Å². The van der Waals surface area contributed by atoms with Gasteiger partial charge in [0.2, 0.25) is 5.91 Å². The number of anilines is 2. The monoisotopic (exact) mass is 230 g/mol. The summed E-state index contributed by atoms with van der Waals surface area (Å²) in [5.74, 6) is -0.508. The first-order chi connectivity index (χ1) is 7.00. The quantitative estimate of drug-likeness (QED) is 0.525. The molecule has 0 aliphatic heterocycles. The van der Waals surface area contributed by atoms with Crippen molar-refractivity contribution < 1.29 is 9.90 Å². The number of carbonyl (C=O) groups is 1. The van der Waals surface area contributed by atoms with E-state index in [1.807, 2.05) is 0 Å². The van der Waals surface area contributed by atoms with Gasteiger partial charge in [-0.25, -0.2) is 4.98 Å². The van der Waals surface area contributed by atoms with Gasteiger partial charge in [0.05, 0.1) is 12.2 Å². The van der Waals surface area contributed by atoms with Crippen LogP contribution in [0.3, 0.4) is 0 Å². The van der Waals surface area contributed by atoms with Crippen molar-refractivity contribution in [3.63, 3.8) is 0 Å². The molecule has 0 spiro atoms. The lowest BCUT2D eigenvalue weighted by Crippen LogP contribution is -2.34. The number of aliphatic hydroxyl groups is 1. The molecule has 0 aliphatic rings. The molecule has 6 N–H and O–H groups in total. The maximum absolute atomic E-state index is 10.5. The van der Waals surface area contributed by atoms with Crippen molar-refractivity contribution in [2.45, 2.75) is 6.10 Å². The van der Waals surface area contributed by atoms with Crippen LogP contribution < -0.4 is 16.8 Å². The number of nitrogen functional groups attached to an aromatic ring is 1. The zero-order chi connectivity index (χ0) is 11.4. The highest BCUT2D eigenvalue weighted by Gasteiger charge is 2.11. The fourth-order valence-corrected chi connectivity index (χ4v) is 1.03. The number of hydrogen-bond acceptors (Lipinski definition) is 5. The third-order valence-electron chi connectivity index (χ3n) is 1.68. The molecule has 1 atom stereocenters. The zero-order valence-corrected chi connectivity index (χ0v) is 8.53. The number of aromatic nitrogens is 1. The molecule has 1 amide bonds. The molecule has 0 saturated carbocycles. The van der Waals surface area contributed by atoms with Gasteiger partial charge < -0.3 is 21.9 Å². The summed E-state index contributed by atoms with van der Waals surface area (Å²) in [7, 11) is 0. The second kappa shape index (κ2) is 4.81. The predicted octanol–water partition coefficient (Wildman–Crippen LogP) is -0.425. The van der Waals surface area contributed by atoms with Crippen LogP contribution in [0.4, 0.5) is 11.5 Å². The Morgan fingerprint density at radius 2 is 2.33 bits per heavy atom. The van der Waals surface area contributed by atoms with Gasteiger partial charge in [0.25, 0.3) is 0 Å². The average Bonchev–Trinajstić information content (AvgIpc) is 2.18. The van der Waals surface area contributed by atoms with Crippen LogP contribution in [-0.2, 0) is 4.79 Å². The van der Waals surface area contributed by atoms with E-state index in [2.05, 4.69) is 10.3 Å². The van der Waals surface area contributed by atoms with Crippen molar-refractivity contribution >= 4 is 29.0 Å². The van der Waals surface area contributed by atoms with Gasteiger partial charge >= 0.3 is 0 Å². The van der Waals surface area contributed by atoms with E-state index in [1.165, 1.54) is 6.07 Å². The molecular formula is C8H11ClN4O2. The number of hydrogen-bond donors (Lipinski definition) is 4. The Morgan fingerprint density at radius 3 is 2.93 bits per heavy atom. The van der Waals surface area contributed by atoms with E-state index in [0.29, 0.717) is 11.5 Å². The minimum Gasteiger partial charge on any atom is -0.396 e. The number of primary amides is 1. The second-order valence-electron chi connectivity index (χ2n) is 2.87. The Morgan fingerprint density at radius 1 is 1.67 bits per heavy atom. The van der Waals surface area contributed by atoms with Crippen LogP contribution >= 0.6 is 11.6 Å². The van der Waals surface area contributed by atoms with Gasteiger partial charge in [-0.05, 0) is 12.1 Å². The Kier molecular flexibility index (Phi) is 3.70. The third kappa shape index (κ3) is 3.26. The van der Waals surface area contributed by atoms with Gasteiger partial charge in [0, 0.05) is 0 Å². The largest absolute Gasteiger partial charge is 0.396 e. The van der Waals surface area contributed by atoms with E-state index in [9.17, 15) is 4.79 Å². The molecule has 0 saturated heterocycles. The van der Waals surface area contributed by atoms with Gasteiger partial charge in [0.1, 0.15) is 11.3 Å². The highest BCUT2D eigenvalue weighted by Crippen LogP contribution is 2.17. The first-order valence-corrected chi connectivity index (χ1v) is 4.51. The number of aliphatic hydroxyl groups excluding tert-OH is 1. The van der Waals surface area contributed by atoms with Crippen LogP contribution in [0.5, 0.6) is 0 Å². The lowest BCUT2D eigenvalue weighted by Gasteiger charge is -2.10. The number of nitrogens with one attached hydrogen (secondary N) is 1. The number of nitrogens with zero attached hydrogens (tertiary/aromatic N) is 1. The fourth-order valence-electron chi connectivity index (χ4n) is 0.882. The van der Waals surface area contributed by atoms with E-state index < -0.39 is 12.0 Å². The lowest BCUT2D eigenvalue weighted by atomic mass is 10.3. The number of rotatable bonds is 4. The molecule has 0 aliphatic carbocycles. The molecule has 0 bridgehead atoms. The van der Waals surface area contributed by atoms with Crippen LogP contribution in [0.2, 0.25) is 5.15 Å². The lowest BCUT2D eigenvalue weighted by molar-refractivity contribution is -0.125. The van der Waals surface area contributed by atoms with Crippen molar-refractivity contribution in [1.29, 1.82) is 0 Å². The minimum absolute atomic E-state index is 0.0626. The van der Waals surface area contributed by atoms with Gasteiger partial charge in [-0.2, -0.15) is 0 Å². The molecule has 6 nitrogen and oxygen atoms in total. The molecule has 1 rings (SSSR count). The molecular weight excluding hydrogens is 220 g/mol. The van der Waals surface area contributed by atoms with Crippen LogP contribution in [-0.4, -0.2) is 28.6 Å². The highest BCUT2D eigenvalue weighted by atomic mass is 35.5. The summed E-state index contributed by atoms with van der Waals surface area (Å²) >= 11 is 5.63. The Hall–Kier alpha value is -1.53. The highest BCUT2D eigenvalue weighted by molar-refractivity contribution is 6.29. The Balaban J connectivity index is 2.65. The first kappa shape index (κ1) is 11.5. The van der Waals surface area contributed by atoms with Crippen molar-refractivity contribution in [2.24, 2.45) is 5.73 Å². The van der Waals surface area contributed by atoms with Crippen LogP contribution in [0.1, 0.15) is 0 Å². The van der Waals surface area contributed by atoms with Gasteiger partial charge in [-0.15, -0.1) is 0 Å². The molecule has 7 heteroatoms. The minimum atomic E-state index is -1.29. The van der Waals surface area contributed by atoms with Gasteiger partial charge in [0.15, 0.2) is 5.82 Å². The number of nitrogens with two attached hydrogens (primary N) is 2. The van der Waals surface area contributed by atoms with E-state index in [0.717, 1.165) is 0 Å². The molecule has 1 aromatic rings. The third-order valence-corrected chi connectivity index (χ3v) is 1.89. The molecule has 82 valence electrons. The number of amides is 1. The van der Waals surface area contributed by atoms with Crippen molar-refractivity contribution in [2.75, 3.05) is 17.6 Å². The van der Waals surface area contributed by atoms with Gasteiger partial charge in [-0.3, -0.25) is 4.79 Å². The molecule has 15 heavy (non-hydrogen) atoms. The van der Waals surface area contributed by atoms with Crippen LogP contribution in [0, 0.1) is 0 Å². The van der Waals surface area contributed by atoms with Crippen molar-refractivity contribution in [3.8, 4) is 0 Å². The van der Waals surface area contributed by atoms with E-state index >= 15 is 0 Å². The predicted molar refractivity (Wildman–Crippen MR) is 57.4 cm³/mol. The SMILES string of the molecule is NC(=O)C(O)CNc1nc(Cl)ccc1N. The van der Waals surface area contributed by atoms with Crippen molar-refractivity contribution in [3.05, 3.63) is 17.3 Å². The molecule has 0 fully saturated rings. The summed E-state index contributed by atoms with van der Waals surface area (Å²) < 4.78 is 0. The summed E-state index contributed by atoms with van der Waals surface area (Å²) in [6.07, 6.45) is -1.29. The zero-order valence-electron chi connectivity index (χ0n) is 7.77. The standard InChI is InChI=1S/C8H11ClN4O2/c9-6-2-1-4(10)8(13-6)12-3-5(14)7(11)15/h1-2,5,14H,3,10H2,(H2,11,15)(H,12,13). The normalized spacial score (nSPS) is 12.1. The Labute approximate surface area is 91.2 Å². The summed E-state index contributed by atoms with van der Waals surface area (Å²) in [4.78, 5) is 14.4. The summed E-state index contributed by atoms with van der Waals surface area (Å²) in [5.41, 5.74) is 10.8. The fraction of sp³-hybridized carbons (Fsp3) is 0.250. The average molecular weight is 231 g/mol. The molecule has 1 unspecified atom stereocenters.